The van der Waals surface area contributed by atoms with Gasteiger partial charge in [0, 0.05) is 12.2 Å². The zero-order valence-corrected chi connectivity index (χ0v) is 18.9. The highest BCUT2D eigenvalue weighted by atomic mass is 35.5. The molecule has 0 aliphatic carbocycles. The maximum absolute atomic E-state index is 13.8. The van der Waals surface area contributed by atoms with E-state index in [0.717, 1.165) is 12.8 Å². The molecular weight excluding hydrogens is 454 g/mol. The van der Waals surface area contributed by atoms with E-state index < -0.39 is 0 Å². The fourth-order valence-electron chi connectivity index (χ4n) is 4.78. The SMILES string of the molecule is C[C@H]1CC[C@@H](c2nc3cccc(Cl)c3c(=O)n2-c2cccnc2)N1c1nc(N)nc2nc[nH]c12. The van der Waals surface area contributed by atoms with Crippen molar-refractivity contribution in [2.75, 3.05) is 10.6 Å². The number of nitrogen functional groups attached to an aromatic ring is 1. The number of aromatic nitrogens is 7. The molecule has 10 nitrogen and oxygen atoms in total. The number of fused-ring (bicyclic) bond motifs is 2. The molecule has 170 valence electrons. The predicted molar refractivity (Wildman–Crippen MR) is 130 cm³/mol. The third kappa shape index (κ3) is 3.10. The van der Waals surface area contributed by atoms with E-state index in [2.05, 4.69) is 36.7 Å². The molecule has 5 heterocycles. The molecular formula is C23H20ClN9O. The van der Waals surface area contributed by atoms with Gasteiger partial charge < -0.3 is 15.6 Å². The standard InChI is InChI=1S/C23H20ClN9O/c1-12-7-8-16(32(12)21-18-19(28-11-27-18)30-23(25)31-21)20-29-15-6-2-5-14(24)17(15)22(34)33(20)13-4-3-9-26-10-13/h2-6,9-12,16H,7-8H2,1H3,(H3,25,27,28,30,31)/t12-,16-/m0/s1. The Morgan fingerprint density at radius 1 is 1.15 bits per heavy atom. The summed E-state index contributed by atoms with van der Waals surface area (Å²) in [7, 11) is 0. The molecule has 6 rings (SSSR count). The van der Waals surface area contributed by atoms with Gasteiger partial charge in [0.05, 0.1) is 40.2 Å². The number of halogens is 1. The lowest BCUT2D eigenvalue weighted by Crippen LogP contribution is -2.35. The van der Waals surface area contributed by atoms with Crippen molar-refractivity contribution in [2.24, 2.45) is 0 Å². The second-order valence-corrected chi connectivity index (χ2v) is 8.72. The number of hydrogen-bond donors (Lipinski definition) is 2. The lowest BCUT2D eigenvalue weighted by Gasteiger charge is -2.31. The van der Waals surface area contributed by atoms with Crippen LogP contribution in [0.1, 0.15) is 31.6 Å². The van der Waals surface area contributed by atoms with E-state index in [9.17, 15) is 4.79 Å². The minimum absolute atomic E-state index is 0.111. The topological polar surface area (TPSA) is 132 Å². The van der Waals surface area contributed by atoms with Crippen LogP contribution in [0.2, 0.25) is 5.02 Å². The number of anilines is 2. The fraction of sp³-hybridized carbons (Fsp3) is 0.217. The molecule has 2 atom stereocenters. The number of nitrogens with zero attached hydrogens (tertiary/aromatic N) is 7. The average molecular weight is 474 g/mol. The third-order valence-electron chi connectivity index (χ3n) is 6.27. The summed E-state index contributed by atoms with van der Waals surface area (Å²) in [6.45, 7) is 2.12. The van der Waals surface area contributed by atoms with Crippen molar-refractivity contribution < 1.29 is 0 Å². The van der Waals surface area contributed by atoms with Gasteiger partial charge in [-0.05, 0) is 44.0 Å². The molecule has 0 saturated carbocycles. The highest BCUT2D eigenvalue weighted by Crippen LogP contribution is 2.41. The maximum atomic E-state index is 13.8. The molecule has 1 aliphatic heterocycles. The molecule has 0 unspecified atom stereocenters. The van der Waals surface area contributed by atoms with Gasteiger partial charge in [-0.25, -0.2) is 9.97 Å². The highest BCUT2D eigenvalue weighted by molar-refractivity contribution is 6.35. The molecule has 4 aromatic heterocycles. The zero-order valence-electron chi connectivity index (χ0n) is 18.2. The van der Waals surface area contributed by atoms with Gasteiger partial charge in [-0.15, -0.1) is 0 Å². The van der Waals surface area contributed by atoms with Crippen LogP contribution in [0, 0.1) is 0 Å². The van der Waals surface area contributed by atoms with E-state index in [-0.39, 0.29) is 23.6 Å². The second kappa shape index (κ2) is 7.77. The molecule has 1 aromatic carbocycles. The Hall–Kier alpha value is -4.05. The number of aromatic amines is 1. The van der Waals surface area contributed by atoms with E-state index in [1.54, 1.807) is 47.6 Å². The first-order chi connectivity index (χ1) is 16.5. The summed E-state index contributed by atoms with van der Waals surface area (Å²) >= 11 is 6.43. The van der Waals surface area contributed by atoms with E-state index >= 15 is 0 Å². The van der Waals surface area contributed by atoms with Gasteiger partial charge in [0.1, 0.15) is 11.3 Å². The molecule has 0 radical (unpaired) electrons. The van der Waals surface area contributed by atoms with Crippen molar-refractivity contribution in [1.82, 2.24) is 34.5 Å². The normalized spacial score (nSPS) is 18.2. The first kappa shape index (κ1) is 20.5. The van der Waals surface area contributed by atoms with Crippen molar-refractivity contribution in [3.8, 4) is 5.69 Å². The third-order valence-corrected chi connectivity index (χ3v) is 6.59. The number of pyridine rings is 1. The first-order valence-electron chi connectivity index (χ1n) is 10.9. The molecule has 1 aliphatic rings. The Bertz CT molecular complexity index is 1600. The smallest absolute Gasteiger partial charge is 0.267 e. The Morgan fingerprint density at radius 2 is 2.03 bits per heavy atom. The largest absolute Gasteiger partial charge is 0.368 e. The Labute approximate surface area is 198 Å². The Balaban J connectivity index is 1.64. The summed E-state index contributed by atoms with van der Waals surface area (Å²) in [5.41, 5.74) is 8.11. The predicted octanol–water partition coefficient (Wildman–Crippen LogP) is 3.41. The average Bonchev–Trinajstić information content (AvgIpc) is 3.45. The van der Waals surface area contributed by atoms with Crippen LogP contribution in [0.15, 0.2) is 53.8 Å². The van der Waals surface area contributed by atoms with E-state index in [0.29, 0.717) is 44.4 Å². The summed E-state index contributed by atoms with van der Waals surface area (Å²) in [6, 6.07) is 8.77. The molecule has 1 saturated heterocycles. The van der Waals surface area contributed by atoms with Crippen molar-refractivity contribution in [2.45, 2.75) is 31.8 Å². The van der Waals surface area contributed by atoms with Crippen LogP contribution in [-0.2, 0) is 0 Å². The van der Waals surface area contributed by atoms with E-state index in [1.165, 1.54) is 0 Å². The van der Waals surface area contributed by atoms with Crippen LogP contribution in [0.3, 0.4) is 0 Å². The van der Waals surface area contributed by atoms with Crippen molar-refractivity contribution in [3.05, 3.63) is 70.3 Å². The molecule has 34 heavy (non-hydrogen) atoms. The second-order valence-electron chi connectivity index (χ2n) is 8.31. The lowest BCUT2D eigenvalue weighted by atomic mass is 10.1. The van der Waals surface area contributed by atoms with Gasteiger partial charge in [0.15, 0.2) is 11.5 Å². The van der Waals surface area contributed by atoms with Gasteiger partial charge in [0.25, 0.3) is 5.56 Å². The molecule has 1 fully saturated rings. The minimum atomic E-state index is -0.257. The van der Waals surface area contributed by atoms with Crippen LogP contribution in [-0.4, -0.2) is 40.5 Å². The summed E-state index contributed by atoms with van der Waals surface area (Å²) in [6.07, 6.45) is 6.52. The number of rotatable bonds is 3. The van der Waals surface area contributed by atoms with Gasteiger partial charge >= 0.3 is 0 Å². The Morgan fingerprint density at radius 3 is 2.85 bits per heavy atom. The van der Waals surface area contributed by atoms with Crippen molar-refractivity contribution >= 4 is 45.4 Å². The van der Waals surface area contributed by atoms with Gasteiger partial charge in [0.2, 0.25) is 5.95 Å². The molecule has 5 aromatic rings. The van der Waals surface area contributed by atoms with E-state index in [1.807, 2.05) is 6.07 Å². The fourth-order valence-corrected chi connectivity index (χ4v) is 5.03. The van der Waals surface area contributed by atoms with Gasteiger partial charge in [-0.3, -0.25) is 14.3 Å². The number of hydrogen-bond acceptors (Lipinski definition) is 8. The first-order valence-corrected chi connectivity index (χ1v) is 11.3. The van der Waals surface area contributed by atoms with E-state index in [4.69, 9.17) is 22.3 Å². The van der Waals surface area contributed by atoms with Crippen LogP contribution in [0.4, 0.5) is 11.8 Å². The summed E-state index contributed by atoms with van der Waals surface area (Å²) in [5, 5.41) is 0.732. The maximum Gasteiger partial charge on any atom is 0.267 e. The monoisotopic (exact) mass is 473 g/mol. The summed E-state index contributed by atoms with van der Waals surface area (Å²) < 4.78 is 1.60. The Kier molecular flexibility index (Phi) is 4.70. The number of nitrogens with one attached hydrogen (secondary N) is 1. The molecule has 3 N–H and O–H groups in total. The zero-order chi connectivity index (χ0) is 23.4. The van der Waals surface area contributed by atoms with Crippen molar-refractivity contribution in [1.29, 1.82) is 0 Å². The van der Waals surface area contributed by atoms with Crippen LogP contribution < -0.4 is 16.2 Å². The van der Waals surface area contributed by atoms with Crippen LogP contribution in [0.5, 0.6) is 0 Å². The van der Waals surface area contributed by atoms with Gasteiger partial charge in [-0.2, -0.15) is 9.97 Å². The van der Waals surface area contributed by atoms with Crippen LogP contribution in [0.25, 0.3) is 27.8 Å². The number of imidazole rings is 1. The molecule has 0 bridgehead atoms. The molecule has 0 amide bonds. The summed E-state index contributed by atoms with van der Waals surface area (Å²) in [4.78, 5) is 41.3. The minimum Gasteiger partial charge on any atom is -0.368 e. The highest BCUT2D eigenvalue weighted by Gasteiger charge is 2.38. The number of benzene rings is 1. The quantitative estimate of drug-likeness (QED) is 0.407. The summed E-state index contributed by atoms with van der Waals surface area (Å²) in [5.74, 6) is 1.35. The number of H-pyrrole nitrogens is 1. The van der Waals surface area contributed by atoms with Gasteiger partial charge in [-0.1, -0.05) is 17.7 Å². The number of nitrogens with two attached hydrogens (primary N) is 1. The molecule has 11 heteroatoms. The lowest BCUT2D eigenvalue weighted by molar-refractivity contribution is 0.617. The van der Waals surface area contributed by atoms with Crippen molar-refractivity contribution in [3.63, 3.8) is 0 Å². The molecule has 0 spiro atoms. The van der Waals surface area contributed by atoms with Crippen LogP contribution >= 0.6 is 11.6 Å².